The summed E-state index contributed by atoms with van der Waals surface area (Å²) in [4.78, 5) is -22.6. The van der Waals surface area contributed by atoms with Gasteiger partial charge in [0.25, 0.3) is 3.93 Å². The van der Waals surface area contributed by atoms with Crippen LogP contribution in [0.25, 0.3) is 0 Å². The quantitative estimate of drug-likeness (QED) is 0.0520. The first-order chi connectivity index (χ1) is 54.9. The molecule has 0 aromatic heterocycles. The molecule has 16 rings (SSSR count). The van der Waals surface area contributed by atoms with Crippen molar-refractivity contribution in [3.63, 3.8) is 0 Å². The van der Waals surface area contributed by atoms with Crippen molar-refractivity contribution < 1.29 is 128 Å². The third-order valence-corrected chi connectivity index (χ3v) is 33.8. The molecular weight excluding hydrogens is 2230 g/mol. The normalized spacial score (nSPS) is 36.3. The summed E-state index contributed by atoms with van der Waals surface area (Å²) in [7, 11) is 0. The highest BCUT2D eigenvalue weighted by atomic mass is 127. The van der Waals surface area contributed by atoms with Crippen LogP contribution in [0.4, 0.5) is 123 Å². The molecule has 38 heteroatoms. The fraction of sp³-hybridized carbons (Fsp3) is 0.810. The van der Waals surface area contributed by atoms with Crippen LogP contribution in [0, 0.1) is 135 Å². The van der Waals surface area contributed by atoms with Gasteiger partial charge < -0.3 is 4.74 Å². The molecule has 700 valence electrons. The molecule has 16 aliphatic rings. The van der Waals surface area contributed by atoms with E-state index in [2.05, 4.69) is 95.5 Å². The van der Waals surface area contributed by atoms with Crippen molar-refractivity contribution in [2.24, 2.45) is 135 Å². The van der Waals surface area contributed by atoms with Crippen LogP contribution >= 0.6 is 142 Å². The smallest absolute Gasteiger partial charge is 0.366 e. The van der Waals surface area contributed by atoms with Gasteiger partial charge in [-0.3, -0.25) is 0 Å². The SMILES string of the molecule is CC(C)(C1CC2C=CC1C2)C(F)(F)C(F)(F)Cl.CC(C)C1=C(C(C)C)C2SC1CC2CC(F)(F)I.CC1=C(C)C2(C)CC1(C)CC2C(F)(F)C(F)(F)Br.FC(F)(Br)C(F)(F)C(F)(F)C1CC2C=CC1C2.FC(F)(Br)C(F)(F)C1CC2C=CC1C2.FC(F)(Br)C(F)(F)C1CC2C=CC1O2.FC(F)(Br)CC1CC2C=CC1C2.FC(F)(Br)CC1CC2C=CC1C2. The Hall–Kier alpha value is 0.170. The van der Waals surface area contributed by atoms with E-state index in [4.69, 9.17) is 4.74 Å². The molecular formula is C84H100Br6ClF28IOS. The van der Waals surface area contributed by atoms with Crippen LogP contribution in [0.15, 0.2) is 95.2 Å². The number of ether oxygens (including phenoxy) is 1. The standard InChI is InChI=1S/C14H21F2IS.C13H17BrF4.C12H15ClF4.C10H9BrF6.C9H9BrF4.2C9H11BrF2.C8H7BrF4O/c1-7(2)11-10-5-9(6-14(15,16)17)13(18-10)12(11)8(3)4;1-7-8(2)11(4)6-10(7,3)5-9(11)12(15,16)13(14,17)18;1-10(2,11(14,15)12(13,16)17)9-6-7-3-4-8(9)5-7;11-10(16,17)9(14,15)8(12,13)7-4-5-1-2-6(7)3-5;10-9(13,14)8(11,12)7-4-5-1-2-6(7)3-5;2*10-9(11,12)5-8-4-6-1-2-7(8)3-6;9-8(12,13)7(10,11)5-3-4-1-2-6(5)14-4/h7-10,13H,5-6H2,1-4H3;9H,5-6H2,1-4H3;3-4,7-9H,5-6H2,1-2H3;1-2,5-7H,3-4H2;1-2,5-7H,3-4H2;2*1-2,6-8H,3-5H2;1-2,4-6H,3H2. The Morgan fingerprint density at radius 2 is 0.795 bits per heavy atom. The Morgan fingerprint density at radius 3 is 1.08 bits per heavy atom. The molecule has 4 aliphatic heterocycles. The lowest BCUT2D eigenvalue weighted by molar-refractivity contribution is -0.295. The third kappa shape index (κ3) is 22.5. The van der Waals surface area contributed by atoms with E-state index in [1.165, 1.54) is 70.1 Å². The monoisotopic (exact) mass is 2320 g/mol. The lowest BCUT2D eigenvalue weighted by Crippen LogP contribution is -2.55. The van der Waals surface area contributed by atoms with Crippen molar-refractivity contribution >= 4 is 142 Å². The summed E-state index contributed by atoms with van der Waals surface area (Å²) in [5.41, 5.74) is 2.02. The fourth-order valence-corrected chi connectivity index (χ4v) is 27.4. The Kier molecular flexibility index (Phi) is 32.2. The third-order valence-electron chi connectivity index (χ3n) is 28.7. The van der Waals surface area contributed by atoms with E-state index in [9.17, 15) is 123 Å². The minimum absolute atomic E-state index is 0.00148. The van der Waals surface area contributed by atoms with Gasteiger partial charge in [-0.1, -0.05) is 151 Å². The zero-order valence-electron chi connectivity index (χ0n) is 67.7. The van der Waals surface area contributed by atoms with Crippen LogP contribution < -0.4 is 0 Å². The number of thioether (sulfide) groups is 1. The molecule has 0 aromatic rings. The number of hydrogen-bond donors (Lipinski definition) is 0. The first-order valence-corrected chi connectivity index (χ1v) is 47.7. The number of halogens is 36. The number of alkyl halides is 36. The summed E-state index contributed by atoms with van der Waals surface area (Å²) in [6.07, 6.45) is 28.9. The van der Waals surface area contributed by atoms with Gasteiger partial charge in [-0.2, -0.15) is 123 Å². The van der Waals surface area contributed by atoms with Crippen molar-refractivity contribution in [3.8, 4) is 0 Å². The Morgan fingerprint density at radius 1 is 0.418 bits per heavy atom. The first-order valence-electron chi connectivity index (χ1n) is 40.6. The zero-order valence-corrected chi connectivity index (χ0v) is 81.0. The van der Waals surface area contributed by atoms with Gasteiger partial charge in [-0.25, -0.2) is 0 Å². The summed E-state index contributed by atoms with van der Waals surface area (Å²) >= 11 is 19.3. The van der Waals surface area contributed by atoms with Crippen molar-refractivity contribution in [1.82, 2.24) is 0 Å². The van der Waals surface area contributed by atoms with E-state index in [1.54, 1.807) is 69.5 Å². The van der Waals surface area contributed by atoms with E-state index >= 15 is 0 Å². The molecule has 8 fully saturated rings. The van der Waals surface area contributed by atoms with Gasteiger partial charge in [0.2, 0.25) is 0 Å². The minimum atomic E-state index is -5.39. The maximum absolute atomic E-state index is 14.0. The summed E-state index contributed by atoms with van der Waals surface area (Å²) < 4.78 is 369. The highest BCUT2D eigenvalue weighted by molar-refractivity contribution is 14.1. The highest BCUT2D eigenvalue weighted by Gasteiger charge is 2.76. The topological polar surface area (TPSA) is 9.23 Å². The molecule has 2 saturated heterocycles. The molecule has 6 saturated carbocycles. The van der Waals surface area contributed by atoms with E-state index in [-0.39, 0.29) is 97.7 Å². The summed E-state index contributed by atoms with van der Waals surface area (Å²) in [6, 6.07) is 0. The lowest BCUT2D eigenvalue weighted by atomic mass is 9.68. The predicted octanol–water partition coefficient (Wildman–Crippen LogP) is 34.0. The average molecular weight is 2330 g/mol. The van der Waals surface area contributed by atoms with Gasteiger partial charge in [-0.15, -0.1) is 11.8 Å². The largest absolute Gasteiger partial charge is 0.384 e. The average Bonchev–Trinajstić information content (AvgIpc) is 1.53. The molecule has 1 nitrogen and oxygen atoms in total. The molecule has 16 bridgehead atoms. The second kappa shape index (κ2) is 37.1. The van der Waals surface area contributed by atoms with Crippen LogP contribution in [0.5, 0.6) is 0 Å². The van der Waals surface area contributed by atoms with E-state index in [0.717, 1.165) is 49.7 Å². The van der Waals surface area contributed by atoms with Crippen molar-refractivity contribution in [1.29, 1.82) is 0 Å². The number of hydrogen-bond acceptors (Lipinski definition) is 2. The van der Waals surface area contributed by atoms with Crippen LogP contribution in [-0.4, -0.2) is 96.5 Å². The molecule has 122 heavy (non-hydrogen) atoms. The lowest BCUT2D eigenvalue weighted by Gasteiger charge is -2.43. The maximum Gasteiger partial charge on any atom is 0.384 e. The molecule has 12 aliphatic carbocycles. The molecule has 0 spiro atoms. The Labute approximate surface area is 767 Å². The van der Waals surface area contributed by atoms with Gasteiger partial charge in [0.1, 0.15) is 0 Å². The van der Waals surface area contributed by atoms with Crippen LogP contribution in [0.1, 0.15) is 178 Å². The predicted molar refractivity (Wildman–Crippen MR) is 448 cm³/mol. The fourth-order valence-electron chi connectivity index (χ4n) is 22.4. The summed E-state index contributed by atoms with van der Waals surface area (Å²) in [5.74, 6) is -29.7. The second-order valence-electron chi connectivity index (χ2n) is 37.8. The Bertz CT molecular complexity index is 3730. The van der Waals surface area contributed by atoms with Crippen molar-refractivity contribution in [2.45, 2.75) is 275 Å². The van der Waals surface area contributed by atoms with Gasteiger partial charge in [0.05, 0.1) is 18.1 Å². The summed E-state index contributed by atoms with van der Waals surface area (Å²) in [5, 5.41) is -3.63. The van der Waals surface area contributed by atoms with Crippen LogP contribution in [-0.2, 0) is 4.74 Å². The number of rotatable bonds is 20. The minimum Gasteiger partial charge on any atom is -0.366 e. The van der Waals surface area contributed by atoms with Crippen molar-refractivity contribution in [2.75, 3.05) is 0 Å². The van der Waals surface area contributed by atoms with E-state index in [0.29, 0.717) is 71.7 Å². The Balaban J connectivity index is 0.000000159. The number of fused-ring (bicyclic) bond motifs is 16. The van der Waals surface area contributed by atoms with Gasteiger partial charge in [0.15, 0.2) is 0 Å². The second-order valence-corrected chi connectivity index (χ2v) is 47.5. The summed E-state index contributed by atoms with van der Waals surface area (Å²) in [6.45, 7) is 18.6. The van der Waals surface area contributed by atoms with Crippen LogP contribution in [0.2, 0.25) is 0 Å². The molecule has 0 aromatic carbocycles. The van der Waals surface area contributed by atoms with Crippen molar-refractivity contribution in [3.05, 3.63) is 95.2 Å². The molecule has 24 unspecified atom stereocenters. The zero-order chi connectivity index (χ0) is 92.6. The molecule has 0 amide bonds. The van der Waals surface area contributed by atoms with Gasteiger partial charge >= 0.3 is 69.9 Å². The molecule has 0 N–H and O–H groups in total. The first kappa shape index (κ1) is 106. The molecule has 0 radical (unpaired) electrons. The maximum atomic E-state index is 14.0. The highest BCUT2D eigenvalue weighted by Crippen LogP contribution is 2.72. The van der Waals surface area contributed by atoms with E-state index in [1.807, 2.05) is 59.8 Å². The molecule has 4 heterocycles. The van der Waals surface area contributed by atoms with Gasteiger partial charge in [-0.05, 0) is 339 Å². The molecule has 24 atom stereocenters. The van der Waals surface area contributed by atoms with E-state index < -0.39 is 132 Å². The number of allylic oxidation sites excluding steroid dienone is 12. The van der Waals surface area contributed by atoms with Crippen LogP contribution in [0.3, 0.4) is 0 Å². The van der Waals surface area contributed by atoms with Gasteiger partial charge in [0, 0.05) is 52.9 Å².